The van der Waals surface area contributed by atoms with Gasteiger partial charge in [-0.3, -0.25) is 19.2 Å². The summed E-state index contributed by atoms with van der Waals surface area (Å²) in [5.74, 6) is -2.94. The fourth-order valence-electron chi connectivity index (χ4n) is 7.00. The molecule has 4 rings (SSSR count). The molecule has 3 heterocycles. The van der Waals surface area contributed by atoms with Gasteiger partial charge in [0.1, 0.15) is 17.7 Å². The number of carbonyl (C=O) groups is 4. The summed E-state index contributed by atoms with van der Waals surface area (Å²) in [6, 6.07) is 4.99. The fourth-order valence-corrected chi connectivity index (χ4v) is 7.00. The van der Waals surface area contributed by atoms with Crippen LogP contribution in [0.2, 0.25) is 0 Å². The molecule has 2 bridgehead atoms. The Morgan fingerprint density at radius 1 is 1.23 bits per heavy atom. The summed E-state index contributed by atoms with van der Waals surface area (Å²) in [5, 5.41) is 12.1. The number of ether oxygens (including phenoxy) is 2. The van der Waals surface area contributed by atoms with Gasteiger partial charge in [0.25, 0.3) is 5.91 Å². The molecule has 44 heavy (non-hydrogen) atoms. The normalized spacial score (nSPS) is 25.8. The standard InChI is InChI=1S/C34H47N3O7/c1-6-8-12-27(39)35-21-24(5)43-33(42)28-26-15-16-34(44-26)29(28)31(40)37(18-10-9-11-19-38)30(34)32(41)36(17-7-2)25-20-22(3)13-14-23(25)4/h6-7,13-14,20,24,26,28-30,38H,1-2,8-12,15-19,21H2,3-5H3,(H,35,39)/t24-,26+,28-,29-,30+,34-/m1/s1. The van der Waals surface area contributed by atoms with E-state index in [0.717, 1.165) is 16.8 Å². The zero-order chi connectivity index (χ0) is 32.0. The number of carbonyl (C=O) groups excluding carboxylic acids is 4. The highest BCUT2D eigenvalue weighted by Gasteiger charge is 2.75. The summed E-state index contributed by atoms with van der Waals surface area (Å²) in [4.78, 5) is 57.8. The van der Waals surface area contributed by atoms with E-state index in [9.17, 15) is 24.3 Å². The summed E-state index contributed by atoms with van der Waals surface area (Å²) >= 11 is 0. The lowest BCUT2D eigenvalue weighted by molar-refractivity contribution is -0.159. The maximum atomic E-state index is 14.6. The van der Waals surface area contributed by atoms with Gasteiger partial charge < -0.3 is 29.7 Å². The van der Waals surface area contributed by atoms with Crippen molar-refractivity contribution >= 4 is 29.4 Å². The Morgan fingerprint density at radius 3 is 2.70 bits per heavy atom. The molecule has 10 nitrogen and oxygen atoms in total. The number of anilines is 1. The van der Waals surface area contributed by atoms with Gasteiger partial charge in [0, 0.05) is 31.8 Å². The molecule has 240 valence electrons. The van der Waals surface area contributed by atoms with Crippen LogP contribution in [0.25, 0.3) is 0 Å². The quantitative estimate of drug-likeness (QED) is 0.167. The Morgan fingerprint density at radius 2 is 2.00 bits per heavy atom. The number of aliphatic hydroxyl groups is 1. The second kappa shape index (κ2) is 14.5. The first-order valence-corrected chi connectivity index (χ1v) is 15.8. The maximum Gasteiger partial charge on any atom is 0.312 e. The number of nitrogens with one attached hydrogen (secondary N) is 1. The first-order valence-electron chi connectivity index (χ1n) is 15.8. The summed E-state index contributed by atoms with van der Waals surface area (Å²) < 4.78 is 12.3. The highest BCUT2D eigenvalue weighted by molar-refractivity contribution is 6.05. The van der Waals surface area contributed by atoms with E-state index in [-0.39, 0.29) is 37.4 Å². The van der Waals surface area contributed by atoms with E-state index in [4.69, 9.17) is 9.47 Å². The van der Waals surface area contributed by atoms with Crippen molar-refractivity contribution in [2.24, 2.45) is 11.8 Å². The number of esters is 1. The molecule has 10 heteroatoms. The Labute approximate surface area is 260 Å². The molecular formula is C34H47N3O7. The number of fused-ring (bicyclic) bond motifs is 1. The number of benzene rings is 1. The van der Waals surface area contributed by atoms with Crippen LogP contribution in [-0.2, 0) is 28.7 Å². The monoisotopic (exact) mass is 609 g/mol. The molecule has 3 saturated heterocycles. The number of unbranched alkanes of at least 4 members (excludes halogenated alkanes) is 2. The van der Waals surface area contributed by atoms with E-state index in [2.05, 4.69) is 18.5 Å². The molecular weight excluding hydrogens is 562 g/mol. The largest absolute Gasteiger partial charge is 0.460 e. The number of aliphatic hydroxyl groups excluding tert-OH is 1. The molecule has 0 saturated carbocycles. The topological polar surface area (TPSA) is 125 Å². The summed E-state index contributed by atoms with van der Waals surface area (Å²) in [6.07, 6.45) is 5.94. The van der Waals surface area contributed by atoms with Crippen LogP contribution in [0.1, 0.15) is 63.0 Å². The SMILES string of the molecule is C=CCCC(=O)NC[C@@H](C)OC(=O)[C@@H]1[C@@H]2CC[C@]3(O2)[C@H](C(=O)N(CC=C)c2cc(C)ccc2C)N(CCCCCO)C(=O)[C@@H]13. The average molecular weight is 610 g/mol. The minimum absolute atomic E-state index is 0.0498. The van der Waals surface area contributed by atoms with Crippen LogP contribution in [0.15, 0.2) is 43.5 Å². The maximum absolute atomic E-state index is 14.6. The third-order valence-electron chi connectivity index (χ3n) is 9.08. The predicted molar refractivity (Wildman–Crippen MR) is 167 cm³/mol. The van der Waals surface area contributed by atoms with Crippen LogP contribution >= 0.6 is 0 Å². The van der Waals surface area contributed by atoms with Gasteiger partial charge in [-0.25, -0.2) is 0 Å². The van der Waals surface area contributed by atoms with E-state index >= 15 is 0 Å². The number of likely N-dealkylation sites (tertiary alicyclic amines) is 1. The molecule has 0 radical (unpaired) electrons. The molecule has 1 aromatic carbocycles. The molecule has 3 aliphatic heterocycles. The van der Waals surface area contributed by atoms with Gasteiger partial charge in [-0.2, -0.15) is 0 Å². The Hall–Kier alpha value is -3.50. The third-order valence-corrected chi connectivity index (χ3v) is 9.08. The van der Waals surface area contributed by atoms with Gasteiger partial charge >= 0.3 is 5.97 Å². The van der Waals surface area contributed by atoms with E-state index < -0.39 is 41.7 Å². The van der Waals surface area contributed by atoms with Crippen molar-refractivity contribution in [3.8, 4) is 0 Å². The van der Waals surface area contributed by atoms with Crippen LogP contribution in [0.3, 0.4) is 0 Å². The Kier molecular flexibility index (Phi) is 11.0. The number of nitrogens with zero attached hydrogens (tertiary/aromatic N) is 2. The average Bonchev–Trinajstić information content (AvgIpc) is 3.64. The van der Waals surface area contributed by atoms with Gasteiger partial charge in [0.2, 0.25) is 11.8 Å². The first-order chi connectivity index (χ1) is 21.1. The van der Waals surface area contributed by atoms with Crippen LogP contribution in [0, 0.1) is 25.7 Å². The number of amides is 3. The predicted octanol–water partition coefficient (Wildman–Crippen LogP) is 3.37. The Bertz CT molecular complexity index is 1270. The molecule has 1 spiro atoms. The van der Waals surface area contributed by atoms with Gasteiger partial charge in [0.05, 0.1) is 24.5 Å². The summed E-state index contributed by atoms with van der Waals surface area (Å²) in [5.41, 5.74) is 1.51. The van der Waals surface area contributed by atoms with Gasteiger partial charge in [-0.15, -0.1) is 13.2 Å². The fraction of sp³-hybridized carbons (Fsp3) is 0.588. The number of allylic oxidation sites excluding steroid dienone is 1. The number of rotatable bonds is 16. The lowest BCUT2D eigenvalue weighted by Gasteiger charge is -2.37. The smallest absolute Gasteiger partial charge is 0.312 e. The highest BCUT2D eigenvalue weighted by atomic mass is 16.6. The molecule has 0 unspecified atom stereocenters. The number of aryl methyl sites for hydroxylation is 2. The van der Waals surface area contributed by atoms with Crippen molar-refractivity contribution in [1.82, 2.24) is 10.2 Å². The molecule has 3 fully saturated rings. The van der Waals surface area contributed by atoms with Crippen molar-refractivity contribution in [3.05, 3.63) is 54.6 Å². The van der Waals surface area contributed by atoms with E-state index in [1.807, 2.05) is 32.0 Å². The van der Waals surface area contributed by atoms with E-state index in [1.165, 1.54) is 0 Å². The molecule has 0 aliphatic carbocycles. The van der Waals surface area contributed by atoms with Crippen molar-refractivity contribution in [3.63, 3.8) is 0 Å². The van der Waals surface area contributed by atoms with Gasteiger partial charge in [-0.1, -0.05) is 24.3 Å². The van der Waals surface area contributed by atoms with E-state index in [0.29, 0.717) is 51.5 Å². The van der Waals surface area contributed by atoms with Gasteiger partial charge in [-0.05, 0) is 76.5 Å². The molecule has 3 amide bonds. The first kappa shape index (κ1) is 33.4. The van der Waals surface area contributed by atoms with Crippen molar-refractivity contribution in [2.45, 2.75) is 89.6 Å². The van der Waals surface area contributed by atoms with Crippen LogP contribution in [-0.4, -0.2) is 83.8 Å². The molecule has 2 N–H and O–H groups in total. The van der Waals surface area contributed by atoms with Crippen LogP contribution < -0.4 is 10.2 Å². The summed E-state index contributed by atoms with van der Waals surface area (Å²) in [6.45, 7) is 13.9. The molecule has 6 atom stereocenters. The third kappa shape index (κ3) is 6.61. The number of hydrogen-bond acceptors (Lipinski definition) is 7. The minimum atomic E-state index is -1.15. The van der Waals surface area contributed by atoms with Crippen molar-refractivity contribution < 1.29 is 33.8 Å². The molecule has 1 aromatic rings. The van der Waals surface area contributed by atoms with Crippen molar-refractivity contribution in [2.75, 3.05) is 31.1 Å². The lowest BCUT2D eigenvalue weighted by Crippen LogP contribution is -2.56. The zero-order valence-electron chi connectivity index (χ0n) is 26.3. The van der Waals surface area contributed by atoms with Crippen LogP contribution in [0.4, 0.5) is 5.69 Å². The second-order valence-electron chi connectivity index (χ2n) is 12.3. The highest BCUT2D eigenvalue weighted by Crippen LogP contribution is 2.59. The van der Waals surface area contributed by atoms with Gasteiger partial charge in [0.15, 0.2) is 0 Å². The molecule has 3 aliphatic rings. The minimum Gasteiger partial charge on any atom is -0.460 e. The molecule has 0 aromatic heterocycles. The van der Waals surface area contributed by atoms with E-state index in [1.54, 1.807) is 28.9 Å². The number of hydrogen-bond donors (Lipinski definition) is 2. The zero-order valence-corrected chi connectivity index (χ0v) is 26.3. The van der Waals surface area contributed by atoms with Crippen molar-refractivity contribution in [1.29, 1.82) is 0 Å². The lowest BCUT2D eigenvalue weighted by atomic mass is 9.70. The second-order valence-corrected chi connectivity index (χ2v) is 12.3. The summed E-state index contributed by atoms with van der Waals surface area (Å²) in [7, 11) is 0. The Balaban J connectivity index is 1.62. The van der Waals surface area contributed by atoms with Crippen LogP contribution in [0.5, 0.6) is 0 Å².